The quantitative estimate of drug-likeness (QED) is 0.600. The smallest absolute Gasteiger partial charge is 0.357 e. The van der Waals surface area contributed by atoms with E-state index in [0.29, 0.717) is 25.6 Å². The number of hydrogen-bond donors (Lipinski definition) is 1. The number of esters is 1. The Morgan fingerprint density at radius 1 is 1.69 bits per heavy atom. The molecule has 0 amide bonds. The number of nitrogens with one attached hydrogen (secondary N) is 1. The monoisotopic (exact) mass is 185 g/mol. The second-order valence-corrected chi connectivity index (χ2v) is 2.76. The molecular formula is C8H11NO4. The summed E-state index contributed by atoms with van der Waals surface area (Å²) in [5.74, 6) is -0.350. The zero-order valence-electron chi connectivity index (χ0n) is 7.33. The van der Waals surface area contributed by atoms with Crippen molar-refractivity contribution in [3.8, 4) is 0 Å². The SMILES string of the molecule is CCOC1OC(=O)C2=C1COCN2. The Hall–Kier alpha value is -1.07. The predicted molar refractivity (Wildman–Crippen MR) is 42.5 cm³/mol. The molecular weight excluding hydrogens is 174 g/mol. The fourth-order valence-electron chi connectivity index (χ4n) is 1.37. The molecule has 0 aromatic heterocycles. The van der Waals surface area contributed by atoms with Crippen LogP contribution in [0.1, 0.15) is 6.92 Å². The molecule has 13 heavy (non-hydrogen) atoms. The zero-order valence-corrected chi connectivity index (χ0v) is 7.33. The maximum absolute atomic E-state index is 11.2. The molecule has 0 fully saturated rings. The third kappa shape index (κ3) is 1.40. The lowest BCUT2D eigenvalue weighted by Crippen LogP contribution is -2.28. The summed E-state index contributed by atoms with van der Waals surface area (Å²) in [5.41, 5.74) is 1.27. The summed E-state index contributed by atoms with van der Waals surface area (Å²) >= 11 is 0. The molecule has 2 aliphatic heterocycles. The molecule has 0 aromatic rings. The molecule has 1 N–H and O–H groups in total. The van der Waals surface area contributed by atoms with Gasteiger partial charge in [-0.25, -0.2) is 4.79 Å². The second-order valence-electron chi connectivity index (χ2n) is 2.76. The van der Waals surface area contributed by atoms with Crippen LogP contribution in [-0.2, 0) is 19.0 Å². The van der Waals surface area contributed by atoms with E-state index in [1.54, 1.807) is 0 Å². The van der Waals surface area contributed by atoms with Gasteiger partial charge in [0.05, 0.1) is 12.2 Å². The van der Waals surface area contributed by atoms with E-state index in [4.69, 9.17) is 14.2 Å². The van der Waals surface area contributed by atoms with Crippen molar-refractivity contribution < 1.29 is 19.0 Å². The molecule has 2 aliphatic rings. The second kappa shape index (κ2) is 3.35. The summed E-state index contributed by atoms with van der Waals surface area (Å²) in [5, 5.41) is 2.82. The molecule has 0 radical (unpaired) electrons. The first-order valence-electron chi connectivity index (χ1n) is 4.20. The molecule has 0 aliphatic carbocycles. The molecule has 5 nitrogen and oxygen atoms in total. The van der Waals surface area contributed by atoms with Gasteiger partial charge in [0.1, 0.15) is 12.4 Å². The van der Waals surface area contributed by atoms with Crippen LogP contribution in [0.25, 0.3) is 0 Å². The van der Waals surface area contributed by atoms with Crippen LogP contribution < -0.4 is 5.32 Å². The average molecular weight is 185 g/mol. The van der Waals surface area contributed by atoms with Crippen LogP contribution in [-0.4, -0.2) is 32.2 Å². The maximum Gasteiger partial charge on any atom is 0.357 e. The molecule has 0 aromatic carbocycles. The molecule has 2 heterocycles. The van der Waals surface area contributed by atoms with E-state index in [1.165, 1.54) is 0 Å². The third-order valence-electron chi connectivity index (χ3n) is 1.95. The molecule has 0 saturated carbocycles. The van der Waals surface area contributed by atoms with Crippen molar-refractivity contribution in [2.75, 3.05) is 19.9 Å². The Morgan fingerprint density at radius 3 is 3.31 bits per heavy atom. The summed E-state index contributed by atoms with van der Waals surface area (Å²) in [6.07, 6.45) is -0.555. The highest BCUT2D eigenvalue weighted by Gasteiger charge is 2.36. The van der Waals surface area contributed by atoms with Crippen molar-refractivity contribution in [2.45, 2.75) is 13.2 Å². The van der Waals surface area contributed by atoms with Gasteiger partial charge in [0.15, 0.2) is 0 Å². The molecule has 0 saturated heterocycles. The highest BCUT2D eigenvalue weighted by Crippen LogP contribution is 2.24. The van der Waals surface area contributed by atoms with Crippen LogP contribution >= 0.6 is 0 Å². The van der Waals surface area contributed by atoms with Gasteiger partial charge in [-0.05, 0) is 6.92 Å². The number of rotatable bonds is 2. The minimum Gasteiger partial charge on any atom is -0.427 e. The first kappa shape index (κ1) is 8.52. The average Bonchev–Trinajstić information content (AvgIpc) is 2.46. The van der Waals surface area contributed by atoms with Gasteiger partial charge in [0.2, 0.25) is 6.29 Å². The minimum atomic E-state index is -0.555. The van der Waals surface area contributed by atoms with E-state index in [9.17, 15) is 4.79 Å². The zero-order chi connectivity index (χ0) is 9.26. The lowest BCUT2D eigenvalue weighted by Gasteiger charge is -2.17. The summed E-state index contributed by atoms with van der Waals surface area (Å²) in [7, 11) is 0. The Kier molecular flexibility index (Phi) is 2.20. The fraction of sp³-hybridized carbons (Fsp3) is 0.625. The third-order valence-corrected chi connectivity index (χ3v) is 1.95. The molecule has 1 atom stereocenters. The van der Waals surface area contributed by atoms with Crippen LogP contribution in [0.15, 0.2) is 11.3 Å². The standard InChI is InChI=1S/C8H11NO4/c1-2-12-8-5-3-11-4-9-6(5)7(10)13-8/h8-9H,2-4H2,1H3. The number of cyclic esters (lactones) is 1. The van der Waals surface area contributed by atoms with Crippen LogP contribution in [0.3, 0.4) is 0 Å². The predicted octanol–water partition coefficient (Wildman–Crippen LogP) is -0.263. The molecule has 0 spiro atoms. The first-order chi connectivity index (χ1) is 6.33. The van der Waals surface area contributed by atoms with E-state index in [0.717, 1.165) is 5.57 Å². The Bertz CT molecular complexity index is 261. The van der Waals surface area contributed by atoms with Crippen molar-refractivity contribution in [3.63, 3.8) is 0 Å². The highest BCUT2D eigenvalue weighted by molar-refractivity contribution is 5.91. The van der Waals surface area contributed by atoms with Gasteiger partial charge in [-0.2, -0.15) is 0 Å². The normalized spacial score (nSPS) is 26.8. The van der Waals surface area contributed by atoms with Crippen LogP contribution in [0.5, 0.6) is 0 Å². The van der Waals surface area contributed by atoms with Gasteiger partial charge >= 0.3 is 5.97 Å². The van der Waals surface area contributed by atoms with E-state index in [1.807, 2.05) is 6.92 Å². The van der Waals surface area contributed by atoms with E-state index >= 15 is 0 Å². The van der Waals surface area contributed by atoms with Crippen LogP contribution in [0.2, 0.25) is 0 Å². The summed E-state index contributed by atoms with van der Waals surface area (Å²) in [6, 6.07) is 0. The molecule has 1 unspecified atom stereocenters. The Balaban J connectivity index is 2.18. The number of carbonyl (C=O) groups excluding carboxylic acids is 1. The summed E-state index contributed by atoms with van der Waals surface area (Å²) < 4.78 is 15.3. The van der Waals surface area contributed by atoms with Gasteiger partial charge in [-0.1, -0.05) is 0 Å². The van der Waals surface area contributed by atoms with Gasteiger partial charge in [-0.3, -0.25) is 0 Å². The molecule has 0 bridgehead atoms. The largest absolute Gasteiger partial charge is 0.427 e. The van der Waals surface area contributed by atoms with E-state index in [-0.39, 0.29) is 5.97 Å². The van der Waals surface area contributed by atoms with Crippen LogP contribution in [0, 0.1) is 0 Å². The number of carbonyl (C=O) groups is 1. The van der Waals surface area contributed by atoms with Gasteiger partial charge in [0.25, 0.3) is 0 Å². The lowest BCUT2D eigenvalue weighted by atomic mass is 10.2. The maximum atomic E-state index is 11.2. The summed E-state index contributed by atoms with van der Waals surface area (Å²) in [6.45, 7) is 3.11. The molecule has 5 heteroatoms. The van der Waals surface area contributed by atoms with E-state index < -0.39 is 6.29 Å². The van der Waals surface area contributed by atoms with Gasteiger partial charge in [-0.15, -0.1) is 0 Å². The van der Waals surface area contributed by atoms with Crippen molar-refractivity contribution in [3.05, 3.63) is 11.3 Å². The van der Waals surface area contributed by atoms with Crippen LogP contribution in [0.4, 0.5) is 0 Å². The molecule has 72 valence electrons. The van der Waals surface area contributed by atoms with Crippen molar-refractivity contribution in [1.82, 2.24) is 5.32 Å². The van der Waals surface area contributed by atoms with Crippen molar-refractivity contribution in [2.24, 2.45) is 0 Å². The Morgan fingerprint density at radius 2 is 2.54 bits per heavy atom. The minimum absolute atomic E-state index is 0.350. The Labute approximate surface area is 75.6 Å². The van der Waals surface area contributed by atoms with Crippen molar-refractivity contribution >= 4 is 5.97 Å². The fourth-order valence-corrected chi connectivity index (χ4v) is 1.37. The lowest BCUT2D eigenvalue weighted by molar-refractivity contribution is -0.159. The van der Waals surface area contributed by atoms with Crippen molar-refractivity contribution in [1.29, 1.82) is 0 Å². The van der Waals surface area contributed by atoms with Gasteiger partial charge < -0.3 is 19.5 Å². The van der Waals surface area contributed by atoms with E-state index in [2.05, 4.69) is 5.32 Å². The highest BCUT2D eigenvalue weighted by atomic mass is 16.7. The number of hydrogen-bond acceptors (Lipinski definition) is 5. The number of ether oxygens (including phenoxy) is 3. The summed E-state index contributed by atoms with van der Waals surface area (Å²) in [4.78, 5) is 11.2. The van der Waals surface area contributed by atoms with Gasteiger partial charge in [0, 0.05) is 6.61 Å². The first-order valence-corrected chi connectivity index (χ1v) is 4.20. The topological polar surface area (TPSA) is 56.8 Å². The molecule has 2 rings (SSSR count).